The normalized spacial score (nSPS) is 10.3. The van der Waals surface area contributed by atoms with Crippen LogP contribution in [0.5, 0.6) is 0 Å². The second-order valence-corrected chi connectivity index (χ2v) is 9.26. The second kappa shape index (κ2) is 2.11. The first-order valence-corrected chi connectivity index (χ1v) is 6.92. The van der Waals surface area contributed by atoms with Crippen LogP contribution in [-0.2, 0) is 19.2 Å². The van der Waals surface area contributed by atoms with E-state index in [1.165, 1.54) is 19.2 Å². The van der Waals surface area contributed by atoms with Crippen molar-refractivity contribution in [3.63, 3.8) is 0 Å². The summed E-state index contributed by atoms with van der Waals surface area (Å²) in [4.78, 5) is 0. The molecule has 0 fully saturated rings. The summed E-state index contributed by atoms with van der Waals surface area (Å²) < 4.78 is 3.33. The summed E-state index contributed by atoms with van der Waals surface area (Å²) in [5.74, 6) is 0. The maximum atomic E-state index is 3.33. The summed E-state index contributed by atoms with van der Waals surface area (Å²) in [6.45, 7) is 6.88. The molecule has 0 aliphatic carbocycles. The van der Waals surface area contributed by atoms with Crippen molar-refractivity contribution in [2.45, 2.75) is 19.6 Å². The third kappa shape index (κ3) is 4.69. The first kappa shape index (κ1) is 6.69. The molecular weight excluding hydrogens is 260 g/mol. The average Bonchev–Trinajstić information content (AvgIpc) is 1.35. The average molecular weight is 269 g/mol. The second-order valence-electron chi connectivity index (χ2n) is 2.35. The van der Waals surface area contributed by atoms with E-state index in [9.17, 15) is 0 Å². The molecule has 35 valence electrons. The van der Waals surface area contributed by atoms with Crippen molar-refractivity contribution in [1.29, 1.82) is 0 Å². The van der Waals surface area contributed by atoms with Crippen LogP contribution in [0.25, 0.3) is 0 Å². The Bertz CT molecular complexity index is 74.5. The van der Waals surface area contributed by atoms with Crippen LogP contribution in [-0.4, -0.2) is 8.07 Å². The molecule has 0 aromatic heterocycles. The van der Waals surface area contributed by atoms with Crippen LogP contribution in [0.2, 0.25) is 19.6 Å². The molecule has 0 amide bonds. The Morgan fingerprint density at radius 1 is 1.33 bits per heavy atom. The van der Waals surface area contributed by atoms with Gasteiger partial charge in [0.2, 0.25) is 0 Å². The van der Waals surface area contributed by atoms with Crippen molar-refractivity contribution in [2.24, 2.45) is 0 Å². The molecule has 0 saturated carbocycles. The Hall–Kier alpha value is 0.685. The van der Waals surface area contributed by atoms with Crippen molar-refractivity contribution in [3.8, 4) is 3.83 Å². The summed E-state index contributed by atoms with van der Waals surface area (Å²) in [5, 5.41) is 0. The molecule has 0 heterocycles. The molecule has 0 N–H and O–H groups in total. The van der Waals surface area contributed by atoms with Gasteiger partial charge in [-0.05, 0) is 0 Å². The molecule has 0 atom stereocenters. The van der Waals surface area contributed by atoms with Crippen LogP contribution in [0.3, 0.4) is 0 Å². The quantitative estimate of drug-likeness (QED) is 0.583. The minimum absolute atomic E-state index is 0.844. The number of hydrogen-bond acceptors (Lipinski definition) is 0. The van der Waals surface area contributed by atoms with Gasteiger partial charge in [0, 0.05) is 0 Å². The number of hydrogen-bond donors (Lipinski definition) is 0. The Morgan fingerprint density at radius 3 is 1.50 bits per heavy atom. The van der Waals surface area contributed by atoms with Gasteiger partial charge >= 0.3 is 50.7 Å². The molecule has 0 aliphatic rings. The van der Waals surface area contributed by atoms with Crippen molar-refractivity contribution >= 4 is 8.07 Å². The van der Waals surface area contributed by atoms with Gasteiger partial charge in [-0.25, -0.2) is 0 Å². The van der Waals surface area contributed by atoms with E-state index < -0.39 is 8.07 Å². The SMILES string of the molecule is C[Si](C)(C)[C]#[W]. The standard InChI is InChI=1S/C4H9Si.W/c1-5(2,3)4;/h1-3H3;. The van der Waals surface area contributed by atoms with Crippen LogP contribution >= 0.6 is 0 Å². The van der Waals surface area contributed by atoms with Crippen LogP contribution in [0.1, 0.15) is 0 Å². The monoisotopic (exact) mass is 269 g/mol. The van der Waals surface area contributed by atoms with Gasteiger partial charge in [0.15, 0.2) is 0 Å². The van der Waals surface area contributed by atoms with E-state index in [2.05, 4.69) is 23.5 Å². The molecular formula is C4H9SiW. The fourth-order valence-corrected chi connectivity index (χ4v) is 0. The van der Waals surface area contributed by atoms with Gasteiger partial charge in [0.1, 0.15) is 0 Å². The Balaban J connectivity index is 3.55. The van der Waals surface area contributed by atoms with Crippen molar-refractivity contribution in [1.82, 2.24) is 0 Å². The topological polar surface area (TPSA) is 0 Å². The zero-order valence-corrected chi connectivity index (χ0v) is 8.34. The fraction of sp³-hybridized carbons (Fsp3) is 0.750. The van der Waals surface area contributed by atoms with Crippen LogP contribution in [0, 0.1) is 3.83 Å². The number of rotatable bonds is 0. The molecule has 0 radical (unpaired) electrons. The molecule has 0 bridgehead atoms. The summed E-state index contributed by atoms with van der Waals surface area (Å²) in [7, 11) is -0.844. The van der Waals surface area contributed by atoms with Gasteiger partial charge in [-0.15, -0.1) is 0 Å². The van der Waals surface area contributed by atoms with E-state index in [-0.39, 0.29) is 0 Å². The molecule has 0 spiro atoms. The van der Waals surface area contributed by atoms with Crippen molar-refractivity contribution in [2.75, 3.05) is 0 Å². The molecule has 0 unspecified atom stereocenters. The van der Waals surface area contributed by atoms with Gasteiger partial charge < -0.3 is 0 Å². The minimum atomic E-state index is -0.844. The van der Waals surface area contributed by atoms with Gasteiger partial charge in [-0.3, -0.25) is 0 Å². The van der Waals surface area contributed by atoms with E-state index in [4.69, 9.17) is 0 Å². The molecule has 0 saturated heterocycles. The van der Waals surface area contributed by atoms with E-state index in [0.717, 1.165) is 0 Å². The Labute approximate surface area is 51.0 Å². The summed E-state index contributed by atoms with van der Waals surface area (Å²) in [6, 6.07) is 0. The third-order valence-corrected chi connectivity index (χ3v) is 7.52. The first-order valence-electron chi connectivity index (χ1n) is 1.95. The zero-order valence-electron chi connectivity index (χ0n) is 4.41. The van der Waals surface area contributed by atoms with Gasteiger partial charge in [0.25, 0.3) is 0 Å². The first-order chi connectivity index (χ1) is 2.56. The molecule has 0 rings (SSSR count). The van der Waals surface area contributed by atoms with Crippen LogP contribution in [0.15, 0.2) is 0 Å². The van der Waals surface area contributed by atoms with Crippen LogP contribution < -0.4 is 0 Å². The molecule has 0 nitrogen and oxygen atoms in total. The molecule has 0 aromatic rings. The zero-order chi connectivity index (χ0) is 5.21. The molecule has 0 aromatic carbocycles. The third-order valence-electron chi connectivity index (χ3n) is 0.306. The summed E-state index contributed by atoms with van der Waals surface area (Å²) >= 11 is 1.50. The Kier molecular flexibility index (Phi) is 2.35. The predicted octanol–water partition coefficient (Wildman–Crippen LogP) is 1.37. The predicted molar refractivity (Wildman–Crippen MR) is 27.2 cm³/mol. The summed E-state index contributed by atoms with van der Waals surface area (Å²) in [5.41, 5.74) is 0. The van der Waals surface area contributed by atoms with Crippen LogP contribution in [0.4, 0.5) is 0 Å². The van der Waals surface area contributed by atoms with Gasteiger partial charge in [-0.2, -0.15) is 0 Å². The van der Waals surface area contributed by atoms with Gasteiger partial charge in [0.05, 0.1) is 0 Å². The van der Waals surface area contributed by atoms with Crippen molar-refractivity contribution in [3.05, 3.63) is 0 Å². The van der Waals surface area contributed by atoms with E-state index >= 15 is 0 Å². The summed E-state index contributed by atoms with van der Waals surface area (Å²) in [6.07, 6.45) is 0. The molecule has 2 heteroatoms. The van der Waals surface area contributed by atoms with E-state index in [1.807, 2.05) is 0 Å². The maximum absolute atomic E-state index is 3.33. The fourth-order valence-electron chi connectivity index (χ4n) is 0. The van der Waals surface area contributed by atoms with E-state index in [1.54, 1.807) is 0 Å². The molecule has 0 aliphatic heterocycles. The van der Waals surface area contributed by atoms with Crippen molar-refractivity contribution < 1.29 is 19.2 Å². The molecule has 6 heavy (non-hydrogen) atoms. The van der Waals surface area contributed by atoms with Gasteiger partial charge in [-0.1, -0.05) is 0 Å². The Morgan fingerprint density at radius 2 is 1.50 bits per heavy atom. The van der Waals surface area contributed by atoms with E-state index in [0.29, 0.717) is 0 Å².